The van der Waals surface area contributed by atoms with Crippen molar-refractivity contribution in [1.82, 2.24) is 9.88 Å². The van der Waals surface area contributed by atoms with Crippen LogP contribution >= 0.6 is 0 Å². The minimum atomic E-state index is -0.124. The van der Waals surface area contributed by atoms with Crippen LogP contribution in [0.2, 0.25) is 0 Å². The van der Waals surface area contributed by atoms with E-state index >= 15 is 0 Å². The summed E-state index contributed by atoms with van der Waals surface area (Å²) in [7, 11) is 0. The molecular formula is C19H20N2O2. The third-order valence-electron chi connectivity index (χ3n) is 5.60. The van der Waals surface area contributed by atoms with Gasteiger partial charge in [0, 0.05) is 25.7 Å². The Bertz CT molecular complexity index is 728. The van der Waals surface area contributed by atoms with Crippen molar-refractivity contribution >= 4 is 11.5 Å². The molecule has 118 valence electrons. The minimum Gasteiger partial charge on any atom is -0.393 e. The number of carbonyl (C=O) groups excluding carboxylic acids is 1. The second-order valence-corrected chi connectivity index (χ2v) is 7.03. The number of Topliss-reactive ketones (excluding diaryl/α,β-unsaturated/α-hetero) is 1. The summed E-state index contributed by atoms with van der Waals surface area (Å²) in [6.07, 6.45) is 11.5. The zero-order valence-electron chi connectivity index (χ0n) is 13.1. The van der Waals surface area contributed by atoms with Crippen LogP contribution in [-0.2, 0) is 11.2 Å². The van der Waals surface area contributed by atoms with Gasteiger partial charge in [-0.25, -0.2) is 0 Å². The van der Waals surface area contributed by atoms with E-state index in [0.717, 1.165) is 55.7 Å². The second kappa shape index (κ2) is 5.21. The molecule has 1 aliphatic heterocycles. The quantitative estimate of drug-likeness (QED) is 0.804. The van der Waals surface area contributed by atoms with Gasteiger partial charge in [0.2, 0.25) is 0 Å². The first-order valence-electron chi connectivity index (χ1n) is 8.23. The van der Waals surface area contributed by atoms with Gasteiger partial charge in [-0.2, -0.15) is 0 Å². The zero-order chi connectivity index (χ0) is 16.0. The molecule has 2 heterocycles. The summed E-state index contributed by atoms with van der Waals surface area (Å²) in [5, 5.41) is 9.62. The summed E-state index contributed by atoms with van der Waals surface area (Å²) in [5.74, 6) is 2.62. The number of hydrogen-bond acceptors (Lipinski definition) is 4. The predicted octanol–water partition coefficient (Wildman–Crippen LogP) is 1.79. The number of aliphatic hydroxyl groups is 1. The Morgan fingerprint density at radius 2 is 2.09 bits per heavy atom. The van der Waals surface area contributed by atoms with Gasteiger partial charge >= 0.3 is 0 Å². The Labute approximate surface area is 136 Å². The lowest BCUT2D eigenvalue weighted by Gasteiger charge is -2.51. The molecule has 1 saturated carbocycles. The van der Waals surface area contributed by atoms with Gasteiger partial charge in [0.15, 0.2) is 5.78 Å². The van der Waals surface area contributed by atoms with E-state index in [1.807, 2.05) is 12.1 Å². The van der Waals surface area contributed by atoms with Crippen LogP contribution in [-0.4, -0.2) is 40.0 Å². The highest BCUT2D eigenvalue weighted by Gasteiger charge is 2.46. The molecule has 0 unspecified atom stereocenters. The molecule has 1 spiro atoms. The van der Waals surface area contributed by atoms with Crippen LogP contribution in [0.15, 0.2) is 23.9 Å². The molecule has 0 amide bonds. The number of aromatic nitrogens is 1. The first-order valence-corrected chi connectivity index (χ1v) is 8.23. The topological polar surface area (TPSA) is 53.4 Å². The molecule has 1 N–H and O–H groups in total. The van der Waals surface area contributed by atoms with Gasteiger partial charge in [0.1, 0.15) is 0 Å². The maximum atomic E-state index is 12.4. The number of nitrogens with zero attached hydrogens (tertiary/aromatic N) is 2. The molecule has 4 heteroatoms. The minimum absolute atomic E-state index is 0.0161. The normalized spacial score (nSPS) is 23.5. The van der Waals surface area contributed by atoms with Crippen LogP contribution in [0.5, 0.6) is 0 Å². The van der Waals surface area contributed by atoms with Crippen LogP contribution in [0.25, 0.3) is 5.70 Å². The molecule has 3 aliphatic rings. The molecule has 2 aliphatic carbocycles. The van der Waals surface area contributed by atoms with Gasteiger partial charge in [-0.3, -0.25) is 9.78 Å². The highest BCUT2D eigenvalue weighted by molar-refractivity contribution is 6.09. The third-order valence-corrected chi connectivity index (χ3v) is 5.60. The molecule has 0 bridgehead atoms. The molecule has 4 nitrogen and oxygen atoms in total. The number of allylic oxidation sites excluding steroid dienone is 1. The van der Waals surface area contributed by atoms with Gasteiger partial charge in [-0.05, 0) is 42.7 Å². The van der Waals surface area contributed by atoms with Crippen molar-refractivity contribution in [3.8, 4) is 12.3 Å². The summed E-state index contributed by atoms with van der Waals surface area (Å²) < 4.78 is 0. The first-order chi connectivity index (χ1) is 11.1. The Morgan fingerprint density at radius 3 is 2.74 bits per heavy atom. The van der Waals surface area contributed by atoms with Gasteiger partial charge in [0.25, 0.3) is 0 Å². The maximum absolute atomic E-state index is 12.4. The molecule has 0 atom stereocenters. The summed E-state index contributed by atoms with van der Waals surface area (Å²) in [6.45, 7) is 1.74. The zero-order valence-corrected chi connectivity index (χ0v) is 13.1. The van der Waals surface area contributed by atoms with E-state index < -0.39 is 0 Å². The standard InChI is InChI=1S/C19H20N2O2/c1-2-15-16(23)10-13-4-3-7-20-17(13)18(15)21-8-5-19(6-9-21)11-14(22)12-19/h1,3-4,7,14,22H,5-6,8-12H2. The highest BCUT2D eigenvalue weighted by Crippen LogP contribution is 2.50. The summed E-state index contributed by atoms with van der Waals surface area (Å²) in [5.41, 5.74) is 3.45. The molecule has 1 aromatic heterocycles. The SMILES string of the molecule is C#CC1=C(N2CCC3(CC2)CC(O)C3)c2ncccc2CC1=O. The molecule has 4 rings (SSSR count). The van der Waals surface area contributed by atoms with Gasteiger partial charge in [-0.1, -0.05) is 12.0 Å². The fourth-order valence-corrected chi connectivity index (χ4v) is 4.32. The predicted molar refractivity (Wildman–Crippen MR) is 87.2 cm³/mol. The number of pyridine rings is 1. The van der Waals surface area contributed by atoms with E-state index in [4.69, 9.17) is 6.42 Å². The van der Waals surface area contributed by atoms with Crippen molar-refractivity contribution in [2.45, 2.75) is 38.2 Å². The number of terminal acetylenes is 1. The second-order valence-electron chi connectivity index (χ2n) is 7.03. The third kappa shape index (κ3) is 2.27. The number of carbonyl (C=O) groups is 1. The Balaban J connectivity index is 1.66. The van der Waals surface area contributed by atoms with Crippen molar-refractivity contribution in [2.75, 3.05) is 13.1 Å². The van der Waals surface area contributed by atoms with Crippen LogP contribution < -0.4 is 0 Å². The van der Waals surface area contributed by atoms with Crippen LogP contribution in [0, 0.1) is 17.8 Å². The lowest BCUT2D eigenvalue weighted by Crippen LogP contribution is -2.49. The van der Waals surface area contributed by atoms with Gasteiger partial charge < -0.3 is 10.0 Å². The number of ketones is 1. The molecule has 0 aromatic carbocycles. The van der Waals surface area contributed by atoms with Gasteiger partial charge in [-0.15, -0.1) is 6.42 Å². The largest absolute Gasteiger partial charge is 0.393 e. The number of hydrogen-bond donors (Lipinski definition) is 1. The van der Waals surface area contributed by atoms with E-state index in [1.165, 1.54) is 0 Å². The van der Waals surface area contributed by atoms with Crippen molar-refractivity contribution in [3.63, 3.8) is 0 Å². The Kier molecular flexibility index (Phi) is 3.28. The lowest BCUT2D eigenvalue weighted by atomic mass is 9.61. The smallest absolute Gasteiger partial charge is 0.177 e. The monoisotopic (exact) mass is 308 g/mol. The Morgan fingerprint density at radius 1 is 1.35 bits per heavy atom. The molecule has 0 radical (unpaired) electrons. The molecule has 2 fully saturated rings. The summed E-state index contributed by atoms with van der Waals surface area (Å²) in [4.78, 5) is 19.1. The van der Waals surface area contributed by atoms with E-state index in [1.54, 1.807) is 6.20 Å². The van der Waals surface area contributed by atoms with Crippen LogP contribution in [0.1, 0.15) is 36.9 Å². The highest BCUT2D eigenvalue weighted by atomic mass is 16.3. The van der Waals surface area contributed by atoms with E-state index in [2.05, 4.69) is 15.8 Å². The number of fused-ring (bicyclic) bond motifs is 1. The number of likely N-dealkylation sites (tertiary alicyclic amines) is 1. The number of aliphatic hydroxyl groups excluding tert-OH is 1. The summed E-state index contributed by atoms with van der Waals surface area (Å²) in [6, 6.07) is 3.83. The summed E-state index contributed by atoms with van der Waals surface area (Å²) >= 11 is 0. The average Bonchev–Trinajstić information content (AvgIpc) is 2.53. The fourth-order valence-electron chi connectivity index (χ4n) is 4.32. The van der Waals surface area contributed by atoms with Crippen molar-refractivity contribution in [1.29, 1.82) is 0 Å². The molecule has 1 saturated heterocycles. The molecule has 23 heavy (non-hydrogen) atoms. The van der Waals surface area contributed by atoms with E-state index in [0.29, 0.717) is 17.4 Å². The number of rotatable bonds is 1. The molecular weight excluding hydrogens is 288 g/mol. The number of piperidine rings is 1. The van der Waals surface area contributed by atoms with Crippen molar-refractivity contribution < 1.29 is 9.90 Å². The van der Waals surface area contributed by atoms with E-state index in [-0.39, 0.29) is 11.9 Å². The fraction of sp³-hybridized carbons (Fsp3) is 0.474. The first kappa shape index (κ1) is 14.5. The maximum Gasteiger partial charge on any atom is 0.177 e. The van der Waals surface area contributed by atoms with Crippen LogP contribution in [0.4, 0.5) is 0 Å². The Hall–Kier alpha value is -2.12. The van der Waals surface area contributed by atoms with Gasteiger partial charge in [0.05, 0.1) is 23.1 Å². The van der Waals surface area contributed by atoms with Crippen LogP contribution in [0.3, 0.4) is 0 Å². The molecule has 1 aromatic rings. The van der Waals surface area contributed by atoms with Crippen molar-refractivity contribution in [3.05, 3.63) is 35.2 Å². The van der Waals surface area contributed by atoms with E-state index in [9.17, 15) is 9.90 Å². The average molecular weight is 308 g/mol. The van der Waals surface area contributed by atoms with Crippen molar-refractivity contribution in [2.24, 2.45) is 5.41 Å². The lowest BCUT2D eigenvalue weighted by molar-refractivity contribution is -0.114.